The third-order valence-corrected chi connectivity index (χ3v) is 5.10. The summed E-state index contributed by atoms with van der Waals surface area (Å²) in [6, 6.07) is 8.68. The molecule has 1 amide bonds. The Hall–Kier alpha value is -1.39. The third kappa shape index (κ3) is 6.44. The van der Waals surface area contributed by atoms with Crippen LogP contribution >= 0.6 is 0 Å². The number of benzene rings is 1. The van der Waals surface area contributed by atoms with Crippen LogP contribution in [0.1, 0.15) is 50.2 Å². The predicted octanol–water partition coefficient (Wildman–Crippen LogP) is 3.35. The van der Waals surface area contributed by atoms with Gasteiger partial charge in [0.1, 0.15) is 0 Å². The summed E-state index contributed by atoms with van der Waals surface area (Å²) in [7, 11) is 4.04. The number of likely N-dealkylation sites (N-methyl/N-ethyl adjacent to an activating group) is 1. The van der Waals surface area contributed by atoms with Crippen molar-refractivity contribution >= 4 is 5.91 Å². The lowest BCUT2D eigenvalue weighted by molar-refractivity contribution is -0.123. The fourth-order valence-corrected chi connectivity index (χ4v) is 3.68. The van der Waals surface area contributed by atoms with Crippen molar-refractivity contribution in [3.05, 3.63) is 35.4 Å². The van der Waals surface area contributed by atoms with Crippen molar-refractivity contribution in [2.24, 2.45) is 5.92 Å². The molecule has 1 aromatic carbocycles. The van der Waals surface area contributed by atoms with Gasteiger partial charge in [0.15, 0.2) is 0 Å². The van der Waals surface area contributed by atoms with Gasteiger partial charge in [-0.3, -0.25) is 4.79 Å². The highest BCUT2D eigenvalue weighted by molar-refractivity contribution is 5.77. The average molecular weight is 347 g/mol. The summed E-state index contributed by atoms with van der Waals surface area (Å²) >= 11 is 0. The van der Waals surface area contributed by atoms with E-state index in [0.29, 0.717) is 18.9 Å². The molecule has 140 valence electrons. The number of amides is 1. The smallest absolute Gasteiger partial charge is 0.220 e. The Morgan fingerprint density at radius 1 is 1.32 bits per heavy atom. The second kappa shape index (κ2) is 8.81. The largest absolute Gasteiger partial charge is 0.376 e. The van der Waals surface area contributed by atoms with E-state index in [9.17, 15) is 4.79 Å². The number of hydrogen-bond donors (Lipinski definition) is 1. The highest BCUT2D eigenvalue weighted by Gasteiger charge is 2.35. The first-order valence-electron chi connectivity index (χ1n) is 9.39. The SMILES string of the molecule is Cc1ccc([C@@H](CC(=O)NCCN(C)C)[C@@H]2CCOC(C)(C)C2)cc1. The monoisotopic (exact) mass is 346 g/mol. The molecule has 0 aliphatic carbocycles. The van der Waals surface area contributed by atoms with Crippen LogP contribution in [0.15, 0.2) is 24.3 Å². The van der Waals surface area contributed by atoms with Crippen molar-refractivity contribution in [2.45, 2.75) is 51.6 Å². The molecule has 0 spiro atoms. The molecule has 2 atom stereocenters. The summed E-state index contributed by atoms with van der Waals surface area (Å²) in [4.78, 5) is 14.6. The average Bonchev–Trinajstić information content (AvgIpc) is 2.52. The van der Waals surface area contributed by atoms with Gasteiger partial charge in [-0.2, -0.15) is 0 Å². The zero-order valence-electron chi connectivity index (χ0n) is 16.5. The van der Waals surface area contributed by atoms with Crippen LogP contribution < -0.4 is 5.32 Å². The summed E-state index contributed by atoms with van der Waals surface area (Å²) in [5.74, 6) is 0.880. The topological polar surface area (TPSA) is 41.6 Å². The summed E-state index contributed by atoms with van der Waals surface area (Å²) < 4.78 is 5.89. The molecule has 0 unspecified atom stereocenters. The van der Waals surface area contributed by atoms with Gasteiger partial charge in [-0.05, 0) is 65.1 Å². The van der Waals surface area contributed by atoms with Gasteiger partial charge in [0.05, 0.1) is 5.60 Å². The van der Waals surface area contributed by atoms with E-state index in [1.165, 1.54) is 11.1 Å². The first-order valence-corrected chi connectivity index (χ1v) is 9.39. The number of carbonyl (C=O) groups is 1. The molecule has 2 rings (SSSR count). The van der Waals surface area contributed by atoms with Crippen LogP contribution in [0.5, 0.6) is 0 Å². The van der Waals surface area contributed by atoms with Gasteiger partial charge < -0.3 is 15.0 Å². The lowest BCUT2D eigenvalue weighted by Crippen LogP contribution is -2.38. The van der Waals surface area contributed by atoms with Crippen LogP contribution in [0.4, 0.5) is 0 Å². The van der Waals surface area contributed by atoms with Crippen LogP contribution in [0.3, 0.4) is 0 Å². The van der Waals surface area contributed by atoms with Gasteiger partial charge in [0.2, 0.25) is 5.91 Å². The van der Waals surface area contributed by atoms with Crippen molar-refractivity contribution in [1.82, 2.24) is 10.2 Å². The van der Waals surface area contributed by atoms with Gasteiger partial charge >= 0.3 is 0 Å². The number of aryl methyl sites for hydroxylation is 1. The van der Waals surface area contributed by atoms with Crippen LogP contribution in [-0.2, 0) is 9.53 Å². The Balaban J connectivity index is 2.09. The fraction of sp³-hybridized carbons (Fsp3) is 0.667. The Morgan fingerprint density at radius 3 is 2.60 bits per heavy atom. The molecule has 1 heterocycles. The minimum absolute atomic E-state index is 0.104. The van der Waals surface area contributed by atoms with Crippen molar-refractivity contribution in [1.29, 1.82) is 0 Å². The molecule has 0 aromatic heterocycles. The number of hydrogen-bond acceptors (Lipinski definition) is 3. The summed E-state index contributed by atoms with van der Waals surface area (Å²) in [5.41, 5.74) is 2.43. The van der Waals surface area contributed by atoms with Crippen LogP contribution in [0, 0.1) is 12.8 Å². The van der Waals surface area contributed by atoms with E-state index in [4.69, 9.17) is 4.74 Å². The summed E-state index contributed by atoms with van der Waals surface area (Å²) in [6.45, 7) is 8.76. The maximum absolute atomic E-state index is 12.5. The van der Waals surface area contributed by atoms with E-state index < -0.39 is 0 Å². The van der Waals surface area contributed by atoms with Crippen molar-refractivity contribution in [3.8, 4) is 0 Å². The van der Waals surface area contributed by atoms with E-state index in [1.807, 2.05) is 14.1 Å². The summed E-state index contributed by atoms with van der Waals surface area (Å²) in [5, 5.41) is 3.07. The van der Waals surface area contributed by atoms with Crippen LogP contribution in [-0.4, -0.2) is 50.2 Å². The molecule has 4 nitrogen and oxygen atoms in total. The molecule has 1 fully saturated rings. The zero-order valence-corrected chi connectivity index (χ0v) is 16.5. The van der Waals surface area contributed by atoms with Crippen LogP contribution in [0.25, 0.3) is 0 Å². The van der Waals surface area contributed by atoms with Gasteiger partial charge in [0, 0.05) is 26.1 Å². The van der Waals surface area contributed by atoms with Crippen LogP contribution in [0.2, 0.25) is 0 Å². The second-order valence-corrected chi connectivity index (χ2v) is 8.24. The Labute approximate surface area is 152 Å². The minimum atomic E-state index is -0.104. The molecular formula is C21H34N2O2. The molecule has 1 saturated heterocycles. The number of nitrogens with one attached hydrogen (secondary N) is 1. The second-order valence-electron chi connectivity index (χ2n) is 8.24. The number of nitrogens with zero attached hydrogens (tertiary/aromatic N) is 1. The predicted molar refractivity (Wildman–Crippen MR) is 103 cm³/mol. The van der Waals surface area contributed by atoms with Gasteiger partial charge in [-0.25, -0.2) is 0 Å². The van der Waals surface area contributed by atoms with Gasteiger partial charge in [-0.15, -0.1) is 0 Å². The van der Waals surface area contributed by atoms with Gasteiger partial charge in [-0.1, -0.05) is 29.8 Å². The maximum Gasteiger partial charge on any atom is 0.220 e. The lowest BCUT2D eigenvalue weighted by Gasteiger charge is -2.39. The highest BCUT2D eigenvalue weighted by Crippen LogP contribution is 2.40. The summed E-state index contributed by atoms with van der Waals surface area (Å²) in [6.07, 6.45) is 2.57. The number of rotatable bonds is 7. The van der Waals surface area contributed by atoms with E-state index in [2.05, 4.69) is 55.3 Å². The molecule has 0 saturated carbocycles. The fourth-order valence-electron chi connectivity index (χ4n) is 3.68. The Morgan fingerprint density at radius 2 is 2.00 bits per heavy atom. The van der Waals surface area contributed by atoms with Gasteiger partial charge in [0.25, 0.3) is 0 Å². The van der Waals surface area contributed by atoms with Crippen molar-refractivity contribution in [2.75, 3.05) is 33.8 Å². The normalized spacial score (nSPS) is 21.1. The lowest BCUT2D eigenvalue weighted by atomic mass is 9.75. The van der Waals surface area contributed by atoms with Crippen molar-refractivity contribution in [3.63, 3.8) is 0 Å². The van der Waals surface area contributed by atoms with E-state index in [1.54, 1.807) is 0 Å². The maximum atomic E-state index is 12.5. The Bertz CT molecular complexity index is 552. The standard InChI is InChI=1S/C21H34N2O2/c1-16-6-8-17(9-7-16)19(14-20(24)22-11-12-23(4)5)18-10-13-25-21(2,3)15-18/h6-9,18-19H,10-15H2,1-5H3,(H,22,24)/t18-,19-/m1/s1. The first-order chi connectivity index (χ1) is 11.8. The van der Waals surface area contributed by atoms with Crippen molar-refractivity contribution < 1.29 is 9.53 Å². The first kappa shape index (κ1) is 19.9. The highest BCUT2D eigenvalue weighted by atomic mass is 16.5. The Kier molecular flexibility index (Phi) is 7.03. The number of ether oxygens (including phenoxy) is 1. The quantitative estimate of drug-likeness (QED) is 0.823. The zero-order chi connectivity index (χ0) is 18.4. The third-order valence-electron chi connectivity index (χ3n) is 5.10. The minimum Gasteiger partial charge on any atom is -0.376 e. The molecule has 4 heteroatoms. The van der Waals surface area contributed by atoms with E-state index >= 15 is 0 Å². The molecule has 25 heavy (non-hydrogen) atoms. The molecule has 1 aromatic rings. The molecule has 0 radical (unpaired) electrons. The van der Waals surface area contributed by atoms with E-state index in [-0.39, 0.29) is 17.4 Å². The molecule has 1 N–H and O–H groups in total. The van der Waals surface area contributed by atoms with E-state index in [0.717, 1.165) is 26.0 Å². The molecule has 1 aliphatic heterocycles. The molecular weight excluding hydrogens is 312 g/mol. The molecule has 0 bridgehead atoms. The molecule has 1 aliphatic rings. The number of carbonyl (C=O) groups excluding carboxylic acids is 1.